The highest BCUT2D eigenvalue weighted by molar-refractivity contribution is 7.99. The van der Waals surface area contributed by atoms with Crippen molar-refractivity contribution in [3.63, 3.8) is 0 Å². The lowest BCUT2D eigenvalue weighted by molar-refractivity contribution is 0.0925. The van der Waals surface area contributed by atoms with Crippen molar-refractivity contribution < 1.29 is 9.18 Å². The number of carbonyl (C=O) groups is 1. The van der Waals surface area contributed by atoms with E-state index in [0.29, 0.717) is 10.9 Å². The molecule has 2 unspecified atom stereocenters. The van der Waals surface area contributed by atoms with E-state index in [9.17, 15) is 9.18 Å². The lowest BCUT2D eigenvalue weighted by Gasteiger charge is -2.31. The van der Waals surface area contributed by atoms with E-state index in [0.717, 1.165) is 19.3 Å². The number of nitrogen functional groups attached to an aromatic ring is 1. The second kappa shape index (κ2) is 6.28. The van der Waals surface area contributed by atoms with Gasteiger partial charge in [0.25, 0.3) is 5.91 Å². The van der Waals surface area contributed by atoms with Crippen LogP contribution in [-0.2, 0) is 0 Å². The molecule has 0 heterocycles. The predicted molar refractivity (Wildman–Crippen MR) is 77.8 cm³/mol. The second-order valence-corrected chi connectivity index (χ2v) is 5.95. The molecule has 0 aromatic heterocycles. The number of hydrogen-bond acceptors (Lipinski definition) is 3. The molecule has 0 saturated heterocycles. The zero-order valence-corrected chi connectivity index (χ0v) is 11.8. The molecule has 1 aliphatic carbocycles. The van der Waals surface area contributed by atoms with Gasteiger partial charge in [-0.15, -0.1) is 0 Å². The highest BCUT2D eigenvalue weighted by Gasteiger charge is 2.26. The number of amides is 1. The highest BCUT2D eigenvalue weighted by Crippen LogP contribution is 2.27. The quantitative estimate of drug-likeness (QED) is 0.838. The minimum absolute atomic E-state index is 0.0691. The van der Waals surface area contributed by atoms with Gasteiger partial charge >= 0.3 is 0 Å². The molecule has 2 atom stereocenters. The molecule has 2 rings (SSSR count). The number of thioether (sulfide) groups is 1. The Hall–Kier alpha value is -1.23. The molecule has 0 bridgehead atoms. The summed E-state index contributed by atoms with van der Waals surface area (Å²) < 4.78 is 13.7. The SMILES string of the molecule is CSC1CCCCC1NC(=O)c1ccc(N)cc1F. The molecule has 104 valence electrons. The van der Waals surface area contributed by atoms with Gasteiger partial charge in [0.15, 0.2) is 0 Å². The maximum Gasteiger partial charge on any atom is 0.254 e. The van der Waals surface area contributed by atoms with E-state index in [1.54, 1.807) is 17.8 Å². The van der Waals surface area contributed by atoms with Crippen LogP contribution in [0.5, 0.6) is 0 Å². The Labute approximate surface area is 117 Å². The fourth-order valence-electron chi connectivity index (χ4n) is 2.51. The zero-order valence-electron chi connectivity index (χ0n) is 11.0. The van der Waals surface area contributed by atoms with Crippen molar-refractivity contribution in [3.05, 3.63) is 29.6 Å². The molecule has 3 N–H and O–H groups in total. The third kappa shape index (κ3) is 3.41. The molecule has 5 heteroatoms. The third-order valence-electron chi connectivity index (χ3n) is 3.56. The Morgan fingerprint density at radius 2 is 2.16 bits per heavy atom. The third-order valence-corrected chi connectivity index (χ3v) is 4.73. The van der Waals surface area contributed by atoms with Gasteiger partial charge in [0.1, 0.15) is 5.82 Å². The molecule has 0 spiro atoms. The summed E-state index contributed by atoms with van der Waals surface area (Å²) in [4.78, 5) is 12.1. The first-order valence-corrected chi connectivity index (χ1v) is 7.79. The van der Waals surface area contributed by atoms with Crippen LogP contribution < -0.4 is 11.1 Å². The van der Waals surface area contributed by atoms with Gasteiger partial charge in [0.2, 0.25) is 0 Å². The number of carbonyl (C=O) groups excluding carboxylic acids is 1. The van der Waals surface area contributed by atoms with Gasteiger partial charge in [-0.05, 0) is 37.3 Å². The van der Waals surface area contributed by atoms with E-state index in [-0.39, 0.29) is 17.5 Å². The van der Waals surface area contributed by atoms with Gasteiger partial charge in [-0.3, -0.25) is 4.79 Å². The van der Waals surface area contributed by atoms with Gasteiger partial charge in [-0.25, -0.2) is 4.39 Å². The minimum atomic E-state index is -0.561. The van der Waals surface area contributed by atoms with Gasteiger partial charge in [0.05, 0.1) is 5.56 Å². The van der Waals surface area contributed by atoms with Crippen LogP contribution in [-0.4, -0.2) is 23.5 Å². The summed E-state index contributed by atoms with van der Waals surface area (Å²) in [7, 11) is 0. The predicted octanol–water partition coefficient (Wildman–Crippen LogP) is 2.81. The first-order valence-electron chi connectivity index (χ1n) is 6.50. The summed E-state index contributed by atoms with van der Waals surface area (Å²) in [6, 6.07) is 4.30. The Bertz CT molecular complexity index is 467. The Morgan fingerprint density at radius 3 is 2.84 bits per heavy atom. The average molecular weight is 282 g/mol. The molecule has 1 aliphatic rings. The van der Waals surface area contributed by atoms with Crippen LogP contribution in [0, 0.1) is 5.82 Å². The van der Waals surface area contributed by atoms with Crippen molar-refractivity contribution in [2.24, 2.45) is 0 Å². The number of anilines is 1. The number of benzene rings is 1. The van der Waals surface area contributed by atoms with Crippen molar-refractivity contribution in [1.82, 2.24) is 5.32 Å². The molecule has 0 radical (unpaired) electrons. The molecular formula is C14H19FN2OS. The molecule has 19 heavy (non-hydrogen) atoms. The van der Waals surface area contributed by atoms with Gasteiger partial charge < -0.3 is 11.1 Å². The fourth-order valence-corrected chi connectivity index (χ4v) is 3.44. The number of halogens is 1. The first kappa shape index (κ1) is 14.2. The van der Waals surface area contributed by atoms with E-state index in [4.69, 9.17) is 5.73 Å². The van der Waals surface area contributed by atoms with E-state index in [1.165, 1.54) is 18.6 Å². The van der Waals surface area contributed by atoms with Crippen molar-refractivity contribution >= 4 is 23.4 Å². The lowest BCUT2D eigenvalue weighted by Crippen LogP contribution is -2.43. The smallest absolute Gasteiger partial charge is 0.254 e. The van der Waals surface area contributed by atoms with Crippen LogP contribution in [0.4, 0.5) is 10.1 Å². The largest absolute Gasteiger partial charge is 0.399 e. The van der Waals surface area contributed by atoms with Crippen molar-refractivity contribution in [3.8, 4) is 0 Å². The van der Waals surface area contributed by atoms with Gasteiger partial charge in [-0.1, -0.05) is 12.8 Å². The topological polar surface area (TPSA) is 55.1 Å². The van der Waals surface area contributed by atoms with E-state index in [1.807, 2.05) is 0 Å². The molecule has 1 fully saturated rings. The average Bonchev–Trinajstić information content (AvgIpc) is 2.39. The summed E-state index contributed by atoms with van der Waals surface area (Å²) in [5, 5.41) is 3.38. The molecule has 1 aromatic rings. The molecule has 0 aliphatic heterocycles. The summed E-state index contributed by atoms with van der Waals surface area (Å²) in [6.07, 6.45) is 6.45. The van der Waals surface area contributed by atoms with Crippen LogP contribution >= 0.6 is 11.8 Å². The maximum absolute atomic E-state index is 13.7. The van der Waals surface area contributed by atoms with Crippen LogP contribution in [0.2, 0.25) is 0 Å². The Kier molecular flexibility index (Phi) is 4.69. The Balaban J connectivity index is 2.07. The summed E-state index contributed by atoms with van der Waals surface area (Å²) in [5.41, 5.74) is 5.88. The lowest BCUT2D eigenvalue weighted by atomic mass is 9.94. The van der Waals surface area contributed by atoms with E-state index in [2.05, 4.69) is 11.6 Å². The van der Waals surface area contributed by atoms with Crippen LogP contribution in [0.15, 0.2) is 18.2 Å². The van der Waals surface area contributed by atoms with Gasteiger partial charge in [-0.2, -0.15) is 11.8 Å². The number of nitrogens with one attached hydrogen (secondary N) is 1. The monoisotopic (exact) mass is 282 g/mol. The molecular weight excluding hydrogens is 263 g/mol. The molecule has 3 nitrogen and oxygen atoms in total. The number of hydrogen-bond donors (Lipinski definition) is 2. The number of nitrogens with two attached hydrogens (primary N) is 1. The van der Waals surface area contributed by atoms with Crippen molar-refractivity contribution in [2.75, 3.05) is 12.0 Å². The molecule has 1 saturated carbocycles. The molecule has 1 aromatic carbocycles. The fraction of sp³-hybridized carbons (Fsp3) is 0.500. The second-order valence-electron chi connectivity index (χ2n) is 4.88. The normalized spacial score (nSPS) is 23.1. The van der Waals surface area contributed by atoms with Crippen LogP contribution in [0.3, 0.4) is 0 Å². The molecule has 1 amide bonds. The van der Waals surface area contributed by atoms with Crippen molar-refractivity contribution in [1.29, 1.82) is 0 Å². The Morgan fingerprint density at radius 1 is 1.42 bits per heavy atom. The minimum Gasteiger partial charge on any atom is -0.399 e. The maximum atomic E-state index is 13.7. The summed E-state index contributed by atoms with van der Waals surface area (Å²) in [5.74, 6) is -0.905. The first-order chi connectivity index (χ1) is 9.11. The van der Waals surface area contributed by atoms with Crippen LogP contribution in [0.25, 0.3) is 0 Å². The highest BCUT2D eigenvalue weighted by atomic mass is 32.2. The number of rotatable bonds is 3. The zero-order chi connectivity index (χ0) is 13.8. The van der Waals surface area contributed by atoms with E-state index < -0.39 is 5.82 Å². The van der Waals surface area contributed by atoms with Crippen LogP contribution in [0.1, 0.15) is 36.0 Å². The van der Waals surface area contributed by atoms with E-state index >= 15 is 0 Å². The standard InChI is InChI=1S/C14H19FN2OS/c1-19-13-5-3-2-4-12(13)17-14(18)10-7-6-9(16)8-11(10)15/h6-8,12-13H,2-5,16H2,1H3,(H,17,18). The summed E-state index contributed by atoms with van der Waals surface area (Å²) >= 11 is 1.77. The van der Waals surface area contributed by atoms with Gasteiger partial charge in [0, 0.05) is 17.0 Å². The summed E-state index contributed by atoms with van der Waals surface area (Å²) in [6.45, 7) is 0. The van der Waals surface area contributed by atoms with Crippen molar-refractivity contribution in [2.45, 2.75) is 37.0 Å².